The van der Waals surface area contributed by atoms with E-state index in [0.717, 1.165) is 17.7 Å². The molecule has 0 saturated heterocycles. The maximum absolute atomic E-state index is 12.2. The summed E-state index contributed by atoms with van der Waals surface area (Å²) in [6.45, 7) is 3.60. The fourth-order valence-corrected chi connectivity index (χ4v) is 2.97. The van der Waals surface area contributed by atoms with Gasteiger partial charge in [-0.05, 0) is 31.0 Å². The molecule has 0 spiro atoms. The van der Waals surface area contributed by atoms with Crippen LogP contribution in [0.3, 0.4) is 0 Å². The Morgan fingerprint density at radius 2 is 2.04 bits per heavy atom. The smallest absolute Gasteiger partial charge is 0.374 e. The number of nitrogens with one attached hydrogen (secondary N) is 1. The van der Waals surface area contributed by atoms with E-state index >= 15 is 0 Å². The van der Waals surface area contributed by atoms with Crippen molar-refractivity contribution in [2.24, 2.45) is 0 Å². The molecule has 0 saturated carbocycles. The van der Waals surface area contributed by atoms with E-state index in [1.807, 2.05) is 17.5 Å². The van der Waals surface area contributed by atoms with E-state index in [9.17, 15) is 9.59 Å². The molecule has 6 nitrogen and oxygen atoms in total. The zero-order valence-corrected chi connectivity index (χ0v) is 15.2. The Kier molecular flexibility index (Phi) is 5.48. The number of amides is 1. The van der Waals surface area contributed by atoms with Crippen LogP contribution in [-0.4, -0.2) is 23.0 Å². The predicted molar refractivity (Wildman–Crippen MR) is 99.1 cm³/mol. The molecule has 0 bridgehead atoms. The highest BCUT2D eigenvalue weighted by molar-refractivity contribution is 7.14. The Morgan fingerprint density at radius 3 is 2.69 bits per heavy atom. The third kappa shape index (κ3) is 4.18. The van der Waals surface area contributed by atoms with Gasteiger partial charge in [0.15, 0.2) is 11.2 Å². The minimum Gasteiger partial charge on any atom is -0.457 e. The summed E-state index contributed by atoms with van der Waals surface area (Å²) in [5.41, 5.74) is 3.02. The molecular weight excluding hydrogens is 352 g/mol. The third-order valence-electron chi connectivity index (χ3n) is 3.77. The molecule has 0 unspecified atom stereocenters. The van der Waals surface area contributed by atoms with E-state index in [4.69, 9.17) is 9.15 Å². The van der Waals surface area contributed by atoms with Crippen LogP contribution in [0.2, 0.25) is 0 Å². The monoisotopic (exact) mass is 370 g/mol. The van der Waals surface area contributed by atoms with Crippen molar-refractivity contribution >= 4 is 28.3 Å². The van der Waals surface area contributed by atoms with Crippen LogP contribution in [-0.2, 0) is 16.0 Å². The number of esters is 1. The number of nitrogens with zero attached hydrogens (tertiary/aromatic N) is 1. The van der Waals surface area contributed by atoms with Crippen LogP contribution in [0.1, 0.15) is 30.0 Å². The Bertz CT molecular complexity index is 885. The number of furan rings is 1. The Balaban J connectivity index is 1.60. The van der Waals surface area contributed by atoms with Gasteiger partial charge in [0.05, 0.1) is 12.0 Å². The molecule has 3 rings (SSSR count). The maximum atomic E-state index is 12.2. The van der Waals surface area contributed by atoms with E-state index in [1.165, 1.54) is 36.2 Å². The van der Waals surface area contributed by atoms with Crippen molar-refractivity contribution in [2.45, 2.75) is 26.4 Å². The molecule has 1 aromatic carbocycles. The lowest BCUT2D eigenvalue weighted by atomic mass is 10.1. The number of benzene rings is 1. The van der Waals surface area contributed by atoms with E-state index in [-0.39, 0.29) is 5.76 Å². The summed E-state index contributed by atoms with van der Waals surface area (Å²) in [6.07, 6.45) is 1.38. The van der Waals surface area contributed by atoms with Gasteiger partial charge < -0.3 is 9.15 Å². The number of carbonyl (C=O) groups is 2. The van der Waals surface area contributed by atoms with Crippen LogP contribution in [0, 0.1) is 0 Å². The van der Waals surface area contributed by atoms with Gasteiger partial charge >= 0.3 is 5.97 Å². The fourth-order valence-electron chi connectivity index (χ4n) is 2.25. The molecule has 2 heterocycles. The van der Waals surface area contributed by atoms with Crippen molar-refractivity contribution in [1.82, 2.24) is 4.98 Å². The van der Waals surface area contributed by atoms with Crippen molar-refractivity contribution in [3.63, 3.8) is 0 Å². The average Bonchev–Trinajstić information content (AvgIpc) is 3.34. The van der Waals surface area contributed by atoms with E-state index in [0.29, 0.717) is 5.13 Å². The van der Waals surface area contributed by atoms with Crippen LogP contribution in [0.4, 0.5) is 5.13 Å². The van der Waals surface area contributed by atoms with Crippen molar-refractivity contribution in [2.75, 3.05) is 5.32 Å². The van der Waals surface area contributed by atoms with Gasteiger partial charge in [0.2, 0.25) is 5.76 Å². The molecule has 2 aromatic heterocycles. The summed E-state index contributed by atoms with van der Waals surface area (Å²) in [7, 11) is 0. The Hall–Kier alpha value is -2.93. The molecule has 3 aromatic rings. The van der Waals surface area contributed by atoms with Crippen LogP contribution < -0.4 is 5.32 Å². The molecule has 0 fully saturated rings. The van der Waals surface area contributed by atoms with Gasteiger partial charge in [-0.3, -0.25) is 10.1 Å². The highest BCUT2D eigenvalue weighted by Crippen LogP contribution is 2.25. The van der Waals surface area contributed by atoms with E-state index < -0.39 is 18.0 Å². The number of rotatable bonds is 6. The second-order valence-electron chi connectivity index (χ2n) is 5.60. The first kappa shape index (κ1) is 17.9. The summed E-state index contributed by atoms with van der Waals surface area (Å²) >= 11 is 1.31. The van der Waals surface area contributed by atoms with Gasteiger partial charge in [-0.2, -0.15) is 0 Å². The summed E-state index contributed by atoms with van der Waals surface area (Å²) < 4.78 is 10.0. The summed E-state index contributed by atoms with van der Waals surface area (Å²) in [5.74, 6) is -1.09. The predicted octanol–water partition coefficient (Wildman–Crippen LogP) is 4.15. The Labute approximate surface area is 154 Å². The molecule has 1 amide bonds. The molecule has 0 radical (unpaired) electrons. The molecular formula is C19H18N2O4S. The van der Waals surface area contributed by atoms with Gasteiger partial charge in [0, 0.05) is 10.9 Å². The van der Waals surface area contributed by atoms with Gasteiger partial charge in [0.1, 0.15) is 0 Å². The van der Waals surface area contributed by atoms with Gasteiger partial charge in [-0.1, -0.05) is 31.2 Å². The quantitative estimate of drug-likeness (QED) is 0.659. The third-order valence-corrected chi connectivity index (χ3v) is 4.53. The van der Waals surface area contributed by atoms with Crippen LogP contribution in [0.25, 0.3) is 11.3 Å². The first-order chi connectivity index (χ1) is 12.6. The number of anilines is 1. The summed E-state index contributed by atoms with van der Waals surface area (Å²) in [4.78, 5) is 28.4. The standard InChI is InChI=1S/C19H18N2O4S/c1-3-13-6-8-14(9-7-13)15-11-26-19(20-15)21-17(22)12(2)25-18(23)16-5-4-10-24-16/h4-12H,3H2,1-2H3,(H,20,21,22)/t12-/m0/s1. The van der Waals surface area contributed by atoms with Crippen molar-refractivity contribution in [3.05, 3.63) is 59.4 Å². The van der Waals surface area contributed by atoms with Crippen LogP contribution in [0.15, 0.2) is 52.5 Å². The summed E-state index contributed by atoms with van der Waals surface area (Å²) in [6, 6.07) is 11.2. The molecule has 1 N–H and O–H groups in total. The molecule has 1 atom stereocenters. The number of hydrogen-bond acceptors (Lipinski definition) is 6. The molecule has 0 aliphatic rings. The van der Waals surface area contributed by atoms with Gasteiger partial charge in [0.25, 0.3) is 5.91 Å². The topological polar surface area (TPSA) is 81.4 Å². The zero-order valence-electron chi connectivity index (χ0n) is 14.4. The Morgan fingerprint density at radius 1 is 1.27 bits per heavy atom. The largest absolute Gasteiger partial charge is 0.457 e. The first-order valence-corrected chi connectivity index (χ1v) is 9.05. The number of carbonyl (C=O) groups excluding carboxylic acids is 2. The summed E-state index contributed by atoms with van der Waals surface area (Å²) in [5, 5.41) is 4.99. The minimum atomic E-state index is -0.969. The van der Waals surface area contributed by atoms with Crippen LogP contribution in [0.5, 0.6) is 0 Å². The lowest BCUT2D eigenvalue weighted by molar-refractivity contribution is -0.123. The zero-order chi connectivity index (χ0) is 18.5. The molecule has 0 aliphatic carbocycles. The van der Waals surface area contributed by atoms with Gasteiger partial charge in [-0.15, -0.1) is 11.3 Å². The molecule has 26 heavy (non-hydrogen) atoms. The highest BCUT2D eigenvalue weighted by Gasteiger charge is 2.21. The van der Waals surface area contributed by atoms with E-state index in [1.54, 1.807) is 6.07 Å². The number of thiazole rings is 1. The maximum Gasteiger partial charge on any atom is 0.374 e. The normalized spacial score (nSPS) is 11.8. The second kappa shape index (κ2) is 7.97. The average molecular weight is 370 g/mol. The highest BCUT2D eigenvalue weighted by atomic mass is 32.1. The minimum absolute atomic E-state index is 0.0525. The van der Waals surface area contributed by atoms with Gasteiger partial charge in [-0.25, -0.2) is 9.78 Å². The fraction of sp³-hybridized carbons (Fsp3) is 0.211. The van der Waals surface area contributed by atoms with Crippen LogP contribution >= 0.6 is 11.3 Å². The number of aromatic nitrogens is 1. The second-order valence-corrected chi connectivity index (χ2v) is 6.46. The van der Waals surface area contributed by atoms with Crippen molar-refractivity contribution in [3.8, 4) is 11.3 Å². The number of aryl methyl sites for hydroxylation is 1. The SMILES string of the molecule is CCc1ccc(-c2csc(NC(=O)[C@H](C)OC(=O)c3ccco3)n2)cc1. The molecule has 7 heteroatoms. The lowest BCUT2D eigenvalue weighted by Crippen LogP contribution is -2.29. The van der Waals surface area contributed by atoms with E-state index in [2.05, 4.69) is 29.4 Å². The van der Waals surface area contributed by atoms with Crippen molar-refractivity contribution < 1.29 is 18.7 Å². The molecule has 134 valence electrons. The number of hydrogen-bond donors (Lipinski definition) is 1. The van der Waals surface area contributed by atoms with Crippen molar-refractivity contribution in [1.29, 1.82) is 0 Å². The lowest BCUT2D eigenvalue weighted by Gasteiger charge is -2.11. The number of ether oxygens (including phenoxy) is 1. The first-order valence-electron chi connectivity index (χ1n) is 8.17. The molecule has 0 aliphatic heterocycles.